The van der Waals surface area contributed by atoms with E-state index in [1.165, 1.54) is 24.3 Å². The second-order valence-electron chi connectivity index (χ2n) is 9.08. The number of ketones is 1. The van der Waals surface area contributed by atoms with Gasteiger partial charge in [0, 0.05) is 22.5 Å². The molecule has 0 saturated carbocycles. The van der Waals surface area contributed by atoms with Crippen molar-refractivity contribution in [2.24, 2.45) is 11.5 Å². The fourth-order valence-corrected chi connectivity index (χ4v) is 4.19. The van der Waals surface area contributed by atoms with Gasteiger partial charge in [0.2, 0.25) is 0 Å². The standard InChI is InChI=1S/C30H32FN7O2/c1-4-5-6-10-21-15-24(39)25(18-8-7-9-20(31)13-18)28(40-21)17(3)38-30(37)26(29(35)36)27(34)19-11-12-22(16(2)32)23(33)14-19/h4-14,17,32,34,38H,1,15,33,37H2,2-3H3,(H3,35,36)/b6-5-,21-10+,30-26+,32-16?,34-27?. The van der Waals surface area contributed by atoms with Crippen LogP contribution in [0.3, 0.4) is 0 Å². The van der Waals surface area contributed by atoms with Gasteiger partial charge >= 0.3 is 0 Å². The number of nitrogens with two attached hydrogens (primary N) is 3. The smallest absolute Gasteiger partial charge is 0.174 e. The van der Waals surface area contributed by atoms with Crippen molar-refractivity contribution in [3.63, 3.8) is 0 Å². The van der Waals surface area contributed by atoms with E-state index in [2.05, 4.69) is 11.9 Å². The number of anilines is 1. The minimum atomic E-state index is -0.760. The van der Waals surface area contributed by atoms with E-state index < -0.39 is 17.7 Å². The van der Waals surface area contributed by atoms with E-state index in [0.29, 0.717) is 28.1 Å². The first-order valence-corrected chi connectivity index (χ1v) is 12.3. The van der Waals surface area contributed by atoms with Crippen LogP contribution in [0.5, 0.6) is 0 Å². The average molecular weight is 542 g/mol. The van der Waals surface area contributed by atoms with Gasteiger partial charge in [-0.15, -0.1) is 0 Å². The van der Waals surface area contributed by atoms with Crippen molar-refractivity contribution in [3.05, 3.63) is 119 Å². The van der Waals surface area contributed by atoms with Gasteiger partial charge in [-0.05, 0) is 43.7 Å². The minimum Gasteiger partial charge on any atom is -0.463 e. The Morgan fingerprint density at radius 2 is 1.88 bits per heavy atom. The quantitative estimate of drug-likeness (QED) is 0.102. The lowest BCUT2D eigenvalue weighted by molar-refractivity contribution is -0.114. The Morgan fingerprint density at radius 1 is 1.15 bits per heavy atom. The molecule has 1 heterocycles. The summed E-state index contributed by atoms with van der Waals surface area (Å²) in [6.07, 6.45) is 6.54. The van der Waals surface area contributed by atoms with Gasteiger partial charge in [0.1, 0.15) is 29.0 Å². The number of carbonyl (C=O) groups is 1. The molecule has 1 aliphatic heterocycles. The zero-order valence-electron chi connectivity index (χ0n) is 22.3. The third kappa shape index (κ3) is 6.60. The van der Waals surface area contributed by atoms with Crippen LogP contribution in [-0.2, 0) is 9.53 Å². The van der Waals surface area contributed by atoms with Crippen molar-refractivity contribution < 1.29 is 13.9 Å². The maximum Gasteiger partial charge on any atom is 0.174 e. The fourth-order valence-electron chi connectivity index (χ4n) is 4.19. The monoisotopic (exact) mass is 541 g/mol. The van der Waals surface area contributed by atoms with Gasteiger partial charge in [0.25, 0.3) is 0 Å². The van der Waals surface area contributed by atoms with Crippen LogP contribution >= 0.6 is 0 Å². The summed E-state index contributed by atoms with van der Waals surface area (Å²) in [6, 6.07) is 9.58. The maximum absolute atomic E-state index is 14.1. The van der Waals surface area contributed by atoms with Crippen LogP contribution in [0, 0.1) is 22.0 Å². The SMILES string of the molecule is C=C/C=C\C=C1/CC(=O)C(c2cccc(F)c2)=C(C(C)N/C(N)=C(/C(=N)N)C(=N)c2ccc(C(C)=N)c(N)c2)O1. The number of ether oxygens (including phenoxy) is 1. The van der Waals surface area contributed by atoms with Crippen molar-refractivity contribution in [1.82, 2.24) is 5.32 Å². The number of hydrogen-bond donors (Lipinski definition) is 7. The summed E-state index contributed by atoms with van der Waals surface area (Å²) in [7, 11) is 0. The number of hydrogen-bond acceptors (Lipinski definition) is 8. The maximum atomic E-state index is 14.1. The Hall–Kier alpha value is -5.25. The summed E-state index contributed by atoms with van der Waals surface area (Å²) in [6.45, 7) is 6.90. The molecule has 9 nitrogen and oxygen atoms in total. The van der Waals surface area contributed by atoms with Crippen LogP contribution in [0.15, 0.2) is 96.3 Å². The number of amidine groups is 1. The zero-order chi connectivity index (χ0) is 29.6. The highest BCUT2D eigenvalue weighted by Crippen LogP contribution is 2.33. The Bertz CT molecular complexity index is 1530. The number of nitrogens with one attached hydrogen (secondary N) is 4. The number of carbonyl (C=O) groups excluding carboxylic acids is 1. The third-order valence-corrected chi connectivity index (χ3v) is 6.04. The second-order valence-corrected chi connectivity index (χ2v) is 9.08. The van der Waals surface area contributed by atoms with E-state index in [1.807, 2.05) is 0 Å². The first-order chi connectivity index (χ1) is 18.9. The molecule has 10 heteroatoms. The summed E-state index contributed by atoms with van der Waals surface area (Å²) in [5, 5.41) is 27.6. The average Bonchev–Trinajstić information content (AvgIpc) is 2.88. The molecule has 3 rings (SSSR count). The molecule has 0 aliphatic carbocycles. The van der Waals surface area contributed by atoms with Crippen LogP contribution in [0.25, 0.3) is 5.57 Å². The molecule has 2 aromatic rings. The van der Waals surface area contributed by atoms with Crippen LogP contribution in [-0.4, -0.2) is 29.1 Å². The minimum absolute atomic E-state index is 0.0369. The van der Waals surface area contributed by atoms with E-state index in [-0.39, 0.29) is 46.4 Å². The summed E-state index contributed by atoms with van der Waals surface area (Å²) in [5.74, 6) is -0.816. The Balaban J connectivity index is 2.06. The van der Waals surface area contributed by atoms with Crippen molar-refractivity contribution >= 4 is 34.3 Å². The van der Waals surface area contributed by atoms with Crippen molar-refractivity contribution in [1.29, 1.82) is 16.2 Å². The molecule has 0 amide bonds. The lowest BCUT2D eigenvalue weighted by Crippen LogP contribution is -2.38. The van der Waals surface area contributed by atoms with E-state index in [9.17, 15) is 9.18 Å². The molecule has 206 valence electrons. The highest BCUT2D eigenvalue weighted by Gasteiger charge is 2.31. The van der Waals surface area contributed by atoms with Gasteiger partial charge in [0.05, 0.1) is 29.3 Å². The van der Waals surface area contributed by atoms with Crippen molar-refractivity contribution in [3.8, 4) is 0 Å². The lowest BCUT2D eigenvalue weighted by atomic mass is 9.93. The molecule has 2 aromatic carbocycles. The van der Waals surface area contributed by atoms with Crippen molar-refractivity contribution in [2.45, 2.75) is 26.3 Å². The molecule has 0 radical (unpaired) electrons. The van der Waals surface area contributed by atoms with Gasteiger partial charge in [-0.1, -0.05) is 49.1 Å². The molecule has 0 spiro atoms. The number of benzene rings is 2. The van der Waals surface area contributed by atoms with Gasteiger partial charge < -0.3 is 32.7 Å². The molecule has 1 unspecified atom stereocenters. The second kappa shape index (κ2) is 12.5. The highest BCUT2D eigenvalue weighted by molar-refractivity contribution is 6.28. The lowest BCUT2D eigenvalue weighted by Gasteiger charge is -2.28. The van der Waals surface area contributed by atoms with Gasteiger partial charge in [-0.25, -0.2) is 4.39 Å². The number of halogens is 1. The van der Waals surface area contributed by atoms with E-state index in [1.54, 1.807) is 56.4 Å². The molecule has 1 aliphatic rings. The third-order valence-electron chi connectivity index (χ3n) is 6.04. The fraction of sp³-hybridized carbons (Fsp3) is 0.133. The summed E-state index contributed by atoms with van der Waals surface area (Å²) >= 11 is 0. The Morgan fingerprint density at radius 3 is 2.48 bits per heavy atom. The first-order valence-electron chi connectivity index (χ1n) is 12.3. The molecule has 0 saturated heterocycles. The molecule has 40 heavy (non-hydrogen) atoms. The van der Waals surface area contributed by atoms with Crippen LogP contribution < -0.4 is 22.5 Å². The largest absolute Gasteiger partial charge is 0.463 e. The Kier molecular flexibility index (Phi) is 9.18. The van der Waals surface area contributed by atoms with Gasteiger partial charge in [0.15, 0.2) is 5.78 Å². The first kappa shape index (κ1) is 29.3. The van der Waals surface area contributed by atoms with Crippen LogP contribution in [0.1, 0.15) is 37.0 Å². The van der Waals surface area contributed by atoms with Crippen LogP contribution in [0.4, 0.5) is 10.1 Å². The summed E-state index contributed by atoms with van der Waals surface area (Å²) in [5.41, 5.74) is 19.9. The number of nitrogen functional groups attached to an aromatic ring is 1. The Labute approximate surface area is 232 Å². The van der Waals surface area contributed by atoms with Crippen molar-refractivity contribution in [2.75, 3.05) is 5.73 Å². The molecule has 0 fully saturated rings. The molecular weight excluding hydrogens is 509 g/mol. The molecular formula is C30H32FN7O2. The van der Waals surface area contributed by atoms with Crippen LogP contribution in [0.2, 0.25) is 0 Å². The zero-order valence-corrected chi connectivity index (χ0v) is 22.3. The highest BCUT2D eigenvalue weighted by atomic mass is 19.1. The molecule has 0 bridgehead atoms. The predicted molar refractivity (Wildman–Crippen MR) is 157 cm³/mol. The van der Waals surface area contributed by atoms with E-state index >= 15 is 0 Å². The number of Topliss-reactive ketones (excluding diaryl/α,β-unsaturated/α-hetero) is 1. The van der Waals surface area contributed by atoms with E-state index in [4.69, 9.17) is 38.2 Å². The molecule has 1 atom stereocenters. The predicted octanol–water partition coefficient (Wildman–Crippen LogP) is 4.27. The van der Waals surface area contributed by atoms with Gasteiger partial charge in [-0.2, -0.15) is 0 Å². The topological polar surface area (TPSA) is 188 Å². The number of allylic oxidation sites excluding steroid dienone is 6. The summed E-state index contributed by atoms with van der Waals surface area (Å²) in [4.78, 5) is 13.3. The molecule has 10 N–H and O–H groups in total. The molecule has 0 aromatic heterocycles. The normalized spacial score (nSPS) is 15.9. The summed E-state index contributed by atoms with van der Waals surface area (Å²) < 4.78 is 20.2. The van der Waals surface area contributed by atoms with Gasteiger partial charge in [-0.3, -0.25) is 15.6 Å². The number of rotatable bonds is 10. The van der Waals surface area contributed by atoms with E-state index in [0.717, 1.165) is 0 Å².